The number of anilines is 1. The summed E-state index contributed by atoms with van der Waals surface area (Å²) in [5.41, 5.74) is 1.14. The maximum absolute atomic E-state index is 12.9. The summed E-state index contributed by atoms with van der Waals surface area (Å²) >= 11 is 1.20. The van der Waals surface area contributed by atoms with Gasteiger partial charge in [0.05, 0.1) is 5.75 Å². The van der Waals surface area contributed by atoms with Crippen LogP contribution in [0.15, 0.2) is 59.8 Å². The largest absolute Gasteiger partial charge is 0.486 e. The number of ether oxygens (including phenoxy) is 1. The number of benzene rings is 2. The molecule has 1 heterocycles. The van der Waals surface area contributed by atoms with Gasteiger partial charge in [-0.05, 0) is 42.8 Å². The second-order valence-electron chi connectivity index (χ2n) is 6.76. The molecule has 0 aliphatic heterocycles. The molecule has 31 heavy (non-hydrogen) atoms. The number of hydrogen-bond acceptors (Lipinski definition) is 7. The van der Waals surface area contributed by atoms with Crippen LogP contribution in [0.4, 0.5) is 10.1 Å². The van der Waals surface area contributed by atoms with Gasteiger partial charge in [-0.3, -0.25) is 4.79 Å². The first kappa shape index (κ1) is 22.4. The van der Waals surface area contributed by atoms with Gasteiger partial charge in [-0.1, -0.05) is 30.0 Å². The van der Waals surface area contributed by atoms with Gasteiger partial charge in [-0.25, -0.2) is 9.07 Å². The summed E-state index contributed by atoms with van der Waals surface area (Å²) in [4.78, 5) is 14.2. The Balaban J connectivity index is 1.35. The van der Waals surface area contributed by atoms with Crippen molar-refractivity contribution < 1.29 is 13.9 Å². The molecular weight excluding hydrogens is 419 g/mol. The molecule has 1 aromatic heterocycles. The van der Waals surface area contributed by atoms with Gasteiger partial charge in [0.15, 0.2) is 5.82 Å². The summed E-state index contributed by atoms with van der Waals surface area (Å²) in [6, 6.07) is 15.7. The Labute approximate surface area is 184 Å². The maximum atomic E-state index is 12.9. The Morgan fingerprint density at radius 3 is 2.68 bits per heavy atom. The summed E-state index contributed by atoms with van der Waals surface area (Å²) < 4.78 is 19.7. The molecule has 0 aliphatic rings. The molecule has 164 valence electrons. The van der Waals surface area contributed by atoms with Crippen LogP contribution in [0.2, 0.25) is 0 Å². The number of rotatable bonds is 11. The highest BCUT2D eigenvalue weighted by molar-refractivity contribution is 7.99. The first-order chi connectivity index (χ1) is 15.0. The average molecular weight is 445 g/mol. The van der Waals surface area contributed by atoms with Crippen molar-refractivity contribution >= 4 is 23.4 Å². The molecule has 3 N–H and O–H groups in total. The number of nitrogens with zero attached hydrogens (tertiary/aromatic N) is 4. The number of thioether (sulfide) groups is 1. The van der Waals surface area contributed by atoms with Crippen molar-refractivity contribution in [1.82, 2.24) is 20.2 Å². The van der Waals surface area contributed by atoms with E-state index >= 15 is 0 Å². The van der Waals surface area contributed by atoms with Crippen molar-refractivity contribution in [2.75, 3.05) is 36.6 Å². The highest BCUT2D eigenvalue weighted by atomic mass is 32.2. The minimum Gasteiger partial charge on any atom is -0.486 e. The zero-order valence-electron chi connectivity index (χ0n) is 17.2. The standard InChI is InChI=1S/C21H25FN6O2S/c1-27(17-6-3-2-4-7-17)13-5-12-24-20(29)15-31-21-26-25-19(28(21)23)14-30-18-10-8-16(22)9-11-18/h2-4,6-11H,5,12-15,23H2,1H3,(H,24,29). The molecule has 2 aromatic carbocycles. The van der Waals surface area contributed by atoms with Crippen LogP contribution < -0.4 is 20.8 Å². The highest BCUT2D eigenvalue weighted by Gasteiger charge is 2.13. The minimum atomic E-state index is -0.338. The fraction of sp³-hybridized carbons (Fsp3) is 0.286. The number of hydrogen-bond donors (Lipinski definition) is 2. The molecular formula is C21H25FN6O2S. The number of nitrogens with one attached hydrogen (secondary N) is 1. The quantitative estimate of drug-likeness (QED) is 0.266. The number of aromatic nitrogens is 3. The molecule has 0 bridgehead atoms. The molecule has 10 heteroatoms. The molecule has 3 aromatic rings. The van der Waals surface area contributed by atoms with E-state index in [9.17, 15) is 9.18 Å². The summed E-state index contributed by atoms with van der Waals surface area (Å²) in [7, 11) is 2.03. The maximum Gasteiger partial charge on any atom is 0.230 e. The molecule has 0 radical (unpaired) electrons. The second kappa shape index (κ2) is 11.2. The van der Waals surface area contributed by atoms with Crippen molar-refractivity contribution in [2.24, 2.45) is 0 Å². The van der Waals surface area contributed by atoms with Gasteiger partial charge in [0.1, 0.15) is 18.2 Å². The van der Waals surface area contributed by atoms with Crippen molar-refractivity contribution in [3.63, 3.8) is 0 Å². The molecule has 3 rings (SSSR count). The van der Waals surface area contributed by atoms with E-state index in [4.69, 9.17) is 10.6 Å². The lowest BCUT2D eigenvalue weighted by Crippen LogP contribution is -2.29. The highest BCUT2D eigenvalue weighted by Crippen LogP contribution is 2.16. The van der Waals surface area contributed by atoms with Gasteiger partial charge in [0, 0.05) is 25.8 Å². The van der Waals surface area contributed by atoms with Crippen molar-refractivity contribution in [2.45, 2.75) is 18.2 Å². The summed E-state index contributed by atoms with van der Waals surface area (Å²) in [5, 5.41) is 11.3. The third-order valence-electron chi connectivity index (χ3n) is 4.44. The van der Waals surface area contributed by atoms with E-state index < -0.39 is 0 Å². The average Bonchev–Trinajstić information content (AvgIpc) is 3.14. The number of para-hydroxylation sites is 1. The van der Waals surface area contributed by atoms with Crippen LogP contribution in [0.3, 0.4) is 0 Å². The van der Waals surface area contributed by atoms with Crippen LogP contribution in [0.25, 0.3) is 0 Å². The number of carbonyl (C=O) groups is 1. The monoisotopic (exact) mass is 444 g/mol. The molecule has 0 unspecified atom stereocenters. The fourth-order valence-corrected chi connectivity index (χ4v) is 3.42. The van der Waals surface area contributed by atoms with Gasteiger partial charge < -0.3 is 20.8 Å². The Kier molecular flexibility index (Phi) is 8.11. The zero-order valence-corrected chi connectivity index (χ0v) is 18.0. The van der Waals surface area contributed by atoms with Crippen LogP contribution in [-0.4, -0.2) is 46.7 Å². The minimum absolute atomic E-state index is 0.0802. The molecule has 8 nitrogen and oxygen atoms in total. The first-order valence-electron chi connectivity index (χ1n) is 9.76. The van der Waals surface area contributed by atoms with Gasteiger partial charge in [0.2, 0.25) is 11.1 Å². The van der Waals surface area contributed by atoms with Crippen molar-refractivity contribution in [3.05, 3.63) is 66.2 Å². The van der Waals surface area contributed by atoms with Gasteiger partial charge in [0.25, 0.3) is 0 Å². The van der Waals surface area contributed by atoms with E-state index in [-0.39, 0.29) is 24.1 Å². The van der Waals surface area contributed by atoms with Gasteiger partial charge >= 0.3 is 0 Å². The Morgan fingerprint density at radius 1 is 1.19 bits per heavy atom. The zero-order chi connectivity index (χ0) is 22.1. The number of halogens is 1. The number of nitrogen functional groups attached to an aromatic ring is 1. The molecule has 0 aliphatic carbocycles. The smallest absolute Gasteiger partial charge is 0.230 e. The first-order valence-corrected chi connectivity index (χ1v) is 10.7. The fourth-order valence-electron chi connectivity index (χ4n) is 2.72. The van der Waals surface area contributed by atoms with E-state index in [1.54, 1.807) is 0 Å². The molecule has 0 saturated heterocycles. The number of carbonyl (C=O) groups excluding carboxylic acids is 1. The third kappa shape index (κ3) is 6.88. The van der Waals surface area contributed by atoms with Gasteiger partial charge in [-0.15, -0.1) is 10.2 Å². The van der Waals surface area contributed by atoms with E-state index in [1.165, 1.54) is 40.7 Å². The van der Waals surface area contributed by atoms with Crippen LogP contribution in [-0.2, 0) is 11.4 Å². The van der Waals surface area contributed by atoms with Crippen molar-refractivity contribution in [1.29, 1.82) is 0 Å². The van der Waals surface area contributed by atoms with E-state index in [0.717, 1.165) is 18.7 Å². The van der Waals surface area contributed by atoms with Crippen LogP contribution in [0.5, 0.6) is 5.75 Å². The lowest BCUT2D eigenvalue weighted by Gasteiger charge is -2.19. The van der Waals surface area contributed by atoms with E-state index in [0.29, 0.717) is 23.3 Å². The normalized spacial score (nSPS) is 10.6. The number of amides is 1. The van der Waals surface area contributed by atoms with Crippen LogP contribution in [0, 0.1) is 5.82 Å². The summed E-state index contributed by atoms with van der Waals surface area (Å²) in [5.74, 6) is 6.62. The number of nitrogens with two attached hydrogens (primary N) is 1. The molecule has 0 atom stereocenters. The molecule has 0 fully saturated rings. The predicted octanol–water partition coefficient (Wildman–Crippen LogP) is 2.44. The summed E-state index contributed by atoms with van der Waals surface area (Å²) in [6.45, 7) is 1.51. The van der Waals surface area contributed by atoms with Crippen LogP contribution >= 0.6 is 11.8 Å². The lowest BCUT2D eigenvalue weighted by atomic mass is 10.3. The Hall–Kier alpha value is -3.27. The molecule has 0 spiro atoms. The van der Waals surface area contributed by atoms with E-state index in [2.05, 4.69) is 32.5 Å². The molecule has 1 amide bonds. The van der Waals surface area contributed by atoms with Crippen LogP contribution in [0.1, 0.15) is 12.2 Å². The van der Waals surface area contributed by atoms with E-state index in [1.807, 2.05) is 25.2 Å². The topological polar surface area (TPSA) is 98.3 Å². The van der Waals surface area contributed by atoms with Crippen molar-refractivity contribution in [3.8, 4) is 5.75 Å². The second-order valence-corrected chi connectivity index (χ2v) is 7.70. The molecule has 0 saturated carbocycles. The summed E-state index contributed by atoms with van der Waals surface area (Å²) in [6.07, 6.45) is 0.833. The Morgan fingerprint density at radius 2 is 1.94 bits per heavy atom. The lowest BCUT2D eigenvalue weighted by molar-refractivity contribution is -0.118. The van der Waals surface area contributed by atoms with Gasteiger partial charge in [-0.2, -0.15) is 0 Å². The SMILES string of the molecule is CN(CCCNC(=O)CSc1nnc(COc2ccc(F)cc2)n1N)c1ccccc1. The Bertz CT molecular complexity index is 968. The third-order valence-corrected chi connectivity index (χ3v) is 5.38. The predicted molar refractivity (Wildman–Crippen MR) is 119 cm³/mol.